The number of piperidine rings is 1. The lowest BCUT2D eigenvalue weighted by atomic mass is 9.99. The largest absolute Gasteiger partial charge is 0.461 e. The maximum atomic E-state index is 8.90. The van der Waals surface area contributed by atoms with Crippen LogP contribution in [0.3, 0.4) is 0 Å². The van der Waals surface area contributed by atoms with Crippen LogP contribution < -0.4 is 9.64 Å². The van der Waals surface area contributed by atoms with E-state index in [0.717, 1.165) is 31.7 Å². The monoisotopic (exact) mass is 280 g/mol. The normalized spacial score (nSPS) is 16.5. The van der Waals surface area contributed by atoms with Crippen LogP contribution in [0.5, 0.6) is 6.01 Å². The fraction of sp³-hybridized carbons (Fsp3) is 0.615. The van der Waals surface area contributed by atoms with Gasteiger partial charge in [-0.25, -0.2) is 0 Å². The van der Waals surface area contributed by atoms with Gasteiger partial charge in [0, 0.05) is 25.1 Å². The quantitative estimate of drug-likeness (QED) is 0.797. The van der Waals surface area contributed by atoms with Gasteiger partial charge in [0.1, 0.15) is 11.0 Å². The highest BCUT2D eigenvalue weighted by Gasteiger charge is 2.21. The lowest BCUT2D eigenvalue weighted by Crippen LogP contribution is -2.34. The summed E-state index contributed by atoms with van der Waals surface area (Å²) in [6.45, 7) is 5.46. The Bertz CT molecular complexity index is 478. The Morgan fingerprint density at radius 2 is 2.11 bits per heavy atom. The molecule has 1 saturated heterocycles. The van der Waals surface area contributed by atoms with Gasteiger partial charge < -0.3 is 9.64 Å². The van der Waals surface area contributed by atoms with Gasteiger partial charge in [-0.05, 0) is 26.7 Å². The molecule has 19 heavy (non-hydrogen) atoms. The second kappa shape index (κ2) is 6.07. The first kappa shape index (κ1) is 13.9. The first-order valence-electron chi connectivity index (χ1n) is 6.44. The number of aromatic nitrogens is 2. The molecule has 1 aromatic heterocycles. The lowest BCUT2D eigenvalue weighted by molar-refractivity contribution is 0.222. The molecule has 2 heterocycles. The minimum atomic E-state index is 0.00985. The molecule has 1 aromatic rings. The molecule has 0 radical (unpaired) electrons. The molecular formula is C13H17ClN4O. The van der Waals surface area contributed by atoms with Crippen LogP contribution in [0.15, 0.2) is 6.07 Å². The van der Waals surface area contributed by atoms with Crippen molar-refractivity contribution in [3.05, 3.63) is 11.2 Å². The predicted octanol–water partition coefficient (Wildman–Crippen LogP) is 2.66. The molecule has 0 spiro atoms. The van der Waals surface area contributed by atoms with E-state index in [2.05, 4.69) is 20.9 Å². The average molecular weight is 281 g/mol. The van der Waals surface area contributed by atoms with Crippen molar-refractivity contribution < 1.29 is 4.74 Å². The predicted molar refractivity (Wildman–Crippen MR) is 73.4 cm³/mol. The number of rotatable bonds is 3. The Morgan fingerprint density at radius 3 is 2.68 bits per heavy atom. The minimum Gasteiger partial charge on any atom is -0.461 e. The van der Waals surface area contributed by atoms with E-state index in [1.165, 1.54) is 0 Å². The molecule has 102 valence electrons. The molecule has 0 amide bonds. The van der Waals surface area contributed by atoms with E-state index < -0.39 is 0 Å². The molecular weight excluding hydrogens is 264 g/mol. The first-order valence-corrected chi connectivity index (χ1v) is 6.82. The van der Waals surface area contributed by atoms with E-state index in [1.54, 1.807) is 6.07 Å². The van der Waals surface area contributed by atoms with E-state index in [0.29, 0.717) is 11.2 Å². The number of ether oxygens (including phenoxy) is 1. The molecule has 2 rings (SSSR count). The van der Waals surface area contributed by atoms with Gasteiger partial charge in [0.2, 0.25) is 0 Å². The van der Waals surface area contributed by atoms with E-state index in [9.17, 15) is 0 Å². The Labute approximate surface area is 118 Å². The van der Waals surface area contributed by atoms with Crippen LogP contribution in [-0.2, 0) is 0 Å². The molecule has 0 saturated carbocycles. The molecule has 0 aliphatic carbocycles. The number of hydrogen-bond donors (Lipinski definition) is 0. The van der Waals surface area contributed by atoms with Crippen LogP contribution in [-0.4, -0.2) is 29.2 Å². The molecule has 0 bridgehead atoms. The maximum absolute atomic E-state index is 8.90. The number of anilines is 1. The van der Waals surface area contributed by atoms with Crippen molar-refractivity contribution in [2.75, 3.05) is 18.0 Å². The molecule has 1 aliphatic heterocycles. The van der Waals surface area contributed by atoms with E-state index >= 15 is 0 Å². The highest BCUT2D eigenvalue weighted by molar-refractivity contribution is 6.29. The molecule has 0 atom stereocenters. The van der Waals surface area contributed by atoms with Crippen LogP contribution in [0.4, 0.5) is 5.82 Å². The first-order chi connectivity index (χ1) is 9.08. The Morgan fingerprint density at radius 1 is 1.42 bits per heavy atom. The van der Waals surface area contributed by atoms with E-state index in [4.69, 9.17) is 21.6 Å². The average Bonchev–Trinajstić information content (AvgIpc) is 2.37. The molecule has 5 nitrogen and oxygen atoms in total. The Hall–Kier alpha value is -1.54. The number of halogens is 1. The highest BCUT2D eigenvalue weighted by atomic mass is 35.5. The van der Waals surface area contributed by atoms with Gasteiger partial charge in [0.15, 0.2) is 0 Å². The molecule has 6 heteroatoms. The highest BCUT2D eigenvalue weighted by Crippen LogP contribution is 2.25. The van der Waals surface area contributed by atoms with Gasteiger partial charge in [0.25, 0.3) is 0 Å². The number of nitrogens with zero attached hydrogens (tertiary/aromatic N) is 4. The van der Waals surface area contributed by atoms with Crippen molar-refractivity contribution in [3.63, 3.8) is 0 Å². The van der Waals surface area contributed by atoms with Crippen molar-refractivity contribution in [1.29, 1.82) is 5.26 Å². The summed E-state index contributed by atoms with van der Waals surface area (Å²) < 4.78 is 5.48. The summed E-state index contributed by atoms with van der Waals surface area (Å²) in [6.07, 6.45) is 1.73. The molecule has 1 aliphatic rings. The van der Waals surface area contributed by atoms with Gasteiger partial charge in [-0.2, -0.15) is 15.2 Å². The molecule has 0 aromatic carbocycles. The number of hydrogen-bond acceptors (Lipinski definition) is 5. The van der Waals surface area contributed by atoms with Crippen LogP contribution >= 0.6 is 11.6 Å². The van der Waals surface area contributed by atoms with Crippen molar-refractivity contribution in [3.8, 4) is 12.1 Å². The summed E-state index contributed by atoms with van der Waals surface area (Å²) in [5, 5.41) is 9.28. The summed E-state index contributed by atoms with van der Waals surface area (Å²) in [7, 11) is 0. The smallest absolute Gasteiger partial charge is 0.320 e. The summed E-state index contributed by atoms with van der Waals surface area (Å²) in [5.74, 6) is 0.923. The van der Waals surface area contributed by atoms with Gasteiger partial charge >= 0.3 is 6.01 Å². The van der Waals surface area contributed by atoms with Crippen molar-refractivity contribution in [2.24, 2.45) is 5.92 Å². The van der Waals surface area contributed by atoms with Crippen molar-refractivity contribution in [2.45, 2.75) is 32.8 Å². The molecule has 1 fully saturated rings. The van der Waals surface area contributed by atoms with Gasteiger partial charge in [-0.3, -0.25) is 0 Å². The third-order valence-corrected chi connectivity index (χ3v) is 3.20. The Balaban J connectivity index is 2.12. The fourth-order valence-corrected chi connectivity index (χ4v) is 2.22. The zero-order chi connectivity index (χ0) is 13.8. The third kappa shape index (κ3) is 3.71. The second-order valence-electron chi connectivity index (χ2n) is 4.89. The topological polar surface area (TPSA) is 62.0 Å². The van der Waals surface area contributed by atoms with Gasteiger partial charge in [0.05, 0.1) is 12.2 Å². The van der Waals surface area contributed by atoms with Gasteiger partial charge in [-0.15, -0.1) is 0 Å². The molecule has 0 N–H and O–H groups in total. The van der Waals surface area contributed by atoms with E-state index in [1.807, 2.05) is 13.8 Å². The number of nitriles is 1. The minimum absolute atomic E-state index is 0.00985. The maximum Gasteiger partial charge on any atom is 0.320 e. The van der Waals surface area contributed by atoms with Crippen LogP contribution in [0, 0.1) is 17.2 Å². The summed E-state index contributed by atoms with van der Waals surface area (Å²) >= 11 is 6.00. The summed E-state index contributed by atoms with van der Waals surface area (Å²) in [6, 6.07) is 4.36. The third-order valence-electron chi connectivity index (χ3n) is 3.00. The fourth-order valence-electron chi connectivity index (χ4n) is 2.05. The van der Waals surface area contributed by atoms with Gasteiger partial charge in [-0.1, -0.05) is 11.6 Å². The summed E-state index contributed by atoms with van der Waals surface area (Å²) in [5.41, 5.74) is 0. The van der Waals surface area contributed by atoms with E-state index in [-0.39, 0.29) is 12.0 Å². The lowest BCUT2D eigenvalue weighted by Gasteiger charge is -2.30. The van der Waals surface area contributed by atoms with Crippen molar-refractivity contribution >= 4 is 17.4 Å². The summed E-state index contributed by atoms with van der Waals surface area (Å²) in [4.78, 5) is 10.5. The second-order valence-corrected chi connectivity index (χ2v) is 5.28. The van der Waals surface area contributed by atoms with Crippen LogP contribution in [0.25, 0.3) is 0 Å². The van der Waals surface area contributed by atoms with Crippen LogP contribution in [0.1, 0.15) is 26.7 Å². The van der Waals surface area contributed by atoms with Crippen molar-refractivity contribution in [1.82, 2.24) is 9.97 Å². The SMILES string of the molecule is CC(C)Oc1nc(Cl)cc(N2CCC(C#N)CC2)n1. The zero-order valence-electron chi connectivity index (χ0n) is 11.1. The zero-order valence-corrected chi connectivity index (χ0v) is 11.9. The van der Waals surface area contributed by atoms with Crippen LogP contribution in [0.2, 0.25) is 5.15 Å². The Kier molecular flexibility index (Phi) is 4.43. The molecule has 0 unspecified atom stereocenters. The standard InChI is InChI=1S/C13H17ClN4O/c1-9(2)19-13-16-11(14)7-12(17-13)18-5-3-10(8-15)4-6-18/h7,9-10H,3-6H2,1-2H3.